The lowest BCUT2D eigenvalue weighted by Gasteiger charge is -2.07. The average molecular weight is 253 g/mol. The van der Waals surface area contributed by atoms with E-state index < -0.39 is 0 Å². The molecule has 2 N–H and O–H groups in total. The summed E-state index contributed by atoms with van der Waals surface area (Å²) in [6.07, 6.45) is 7.59. The Morgan fingerprint density at radius 3 is 2.44 bits per heavy atom. The van der Waals surface area contributed by atoms with Gasteiger partial charge in [0.15, 0.2) is 5.89 Å². The van der Waals surface area contributed by atoms with Gasteiger partial charge in [-0.05, 0) is 6.42 Å². The number of aromatic nitrogens is 1. The Labute approximate surface area is 109 Å². The first-order chi connectivity index (χ1) is 8.51. The maximum Gasteiger partial charge on any atom is 0.246 e. The minimum Gasteiger partial charge on any atom is -0.449 e. The summed E-state index contributed by atoms with van der Waals surface area (Å²) in [6.45, 7) is 4.03. The van der Waals surface area contributed by atoms with E-state index in [9.17, 15) is 4.79 Å². The first-order valence-corrected chi connectivity index (χ1v) is 6.06. The van der Waals surface area contributed by atoms with Gasteiger partial charge in [-0.3, -0.25) is 4.79 Å². The number of carbonyl (C=O) groups excluding carboxylic acids is 1. The molecular formula is C13H23N3O2. The van der Waals surface area contributed by atoms with Crippen molar-refractivity contribution in [3.8, 4) is 0 Å². The van der Waals surface area contributed by atoms with Gasteiger partial charge in [-0.25, -0.2) is 4.98 Å². The molecule has 0 aromatic carbocycles. The molecule has 0 bridgehead atoms. The molecule has 0 radical (unpaired) electrons. The summed E-state index contributed by atoms with van der Waals surface area (Å²) in [5.41, 5.74) is 5.83. The van der Waals surface area contributed by atoms with Crippen molar-refractivity contribution in [2.24, 2.45) is 5.73 Å². The molecule has 1 rings (SSSR count). The van der Waals surface area contributed by atoms with Crippen LogP contribution >= 0.6 is 0 Å². The number of aryl methyl sites for hydroxylation is 1. The number of hydrogen-bond acceptors (Lipinski definition) is 4. The Balaban J connectivity index is 0.000000351. The van der Waals surface area contributed by atoms with Gasteiger partial charge in [-0.1, -0.05) is 20.3 Å². The molecule has 18 heavy (non-hydrogen) atoms. The molecule has 1 aromatic rings. The second-order valence-electron chi connectivity index (χ2n) is 4.01. The van der Waals surface area contributed by atoms with Crippen LogP contribution in [-0.2, 0) is 11.2 Å². The zero-order valence-electron chi connectivity index (χ0n) is 11.6. The van der Waals surface area contributed by atoms with E-state index in [-0.39, 0.29) is 5.91 Å². The Kier molecular flexibility index (Phi) is 8.35. The van der Waals surface area contributed by atoms with Crippen LogP contribution in [0.25, 0.3) is 0 Å². The van der Waals surface area contributed by atoms with E-state index in [1.54, 1.807) is 18.7 Å². The smallest absolute Gasteiger partial charge is 0.246 e. The summed E-state index contributed by atoms with van der Waals surface area (Å²) in [6, 6.07) is 0. The van der Waals surface area contributed by atoms with Crippen LogP contribution in [0.2, 0.25) is 0 Å². The summed E-state index contributed by atoms with van der Waals surface area (Å²) in [4.78, 5) is 16.4. The number of amides is 1. The van der Waals surface area contributed by atoms with E-state index >= 15 is 0 Å². The van der Waals surface area contributed by atoms with Gasteiger partial charge in [-0.15, -0.1) is 0 Å². The lowest BCUT2D eigenvalue weighted by Crippen LogP contribution is -2.16. The molecule has 1 amide bonds. The van der Waals surface area contributed by atoms with Gasteiger partial charge in [0.1, 0.15) is 6.26 Å². The summed E-state index contributed by atoms with van der Waals surface area (Å²) < 4.78 is 4.87. The number of hydrogen-bond donors (Lipinski definition) is 1. The molecule has 0 spiro atoms. The molecule has 0 saturated heterocycles. The van der Waals surface area contributed by atoms with Crippen LogP contribution in [0.3, 0.4) is 0 Å². The molecular weight excluding hydrogens is 230 g/mol. The first kappa shape index (κ1) is 16.2. The van der Waals surface area contributed by atoms with Crippen molar-refractivity contribution in [1.82, 2.24) is 9.88 Å². The SMILES string of the molecule is CCCC(=CN(C)C)C(N)=O.CCc1ncco1. The fraction of sp³-hybridized carbons (Fsp3) is 0.538. The van der Waals surface area contributed by atoms with Crippen molar-refractivity contribution in [2.75, 3.05) is 14.1 Å². The van der Waals surface area contributed by atoms with Crippen LogP contribution in [0.5, 0.6) is 0 Å². The highest BCUT2D eigenvalue weighted by molar-refractivity contribution is 5.91. The zero-order chi connectivity index (χ0) is 14.0. The highest BCUT2D eigenvalue weighted by Crippen LogP contribution is 2.03. The average Bonchev–Trinajstić information content (AvgIpc) is 2.81. The molecule has 1 aromatic heterocycles. The molecule has 0 aliphatic heterocycles. The molecule has 0 atom stereocenters. The lowest BCUT2D eigenvalue weighted by atomic mass is 10.1. The monoisotopic (exact) mass is 253 g/mol. The fourth-order valence-corrected chi connectivity index (χ4v) is 1.26. The highest BCUT2D eigenvalue weighted by atomic mass is 16.3. The van der Waals surface area contributed by atoms with E-state index in [0.717, 1.165) is 25.2 Å². The molecule has 0 aliphatic carbocycles. The van der Waals surface area contributed by atoms with Crippen LogP contribution in [0, 0.1) is 0 Å². The minimum absolute atomic E-state index is 0.319. The van der Waals surface area contributed by atoms with Gasteiger partial charge in [-0.2, -0.15) is 0 Å². The number of nitrogens with two attached hydrogens (primary N) is 1. The predicted molar refractivity (Wildman–Crippen MR) is 71.8 cm³/mol. The van der Waals surface area contributed by atoms with Crippen LogP contribution in [-0.4, -0.2) is 29.9 Å². The fourth-order valence-electron chi connectivity index (χ4n) is 1.26. The van der Waals surface area contributed by atoms with E-state index in [2.05, 4.69) is 4.98 Å². The number of rotatable bonds is 5. The topological polar surface area (TPSA) is 72.4 Å². The summed E-state index contributed by atoms with van der Waals surface area (Å²) in [5, 5.41) is 0. The van der Waals surface area contributed by atoms with Gasteiger partial charge in [0, 0.05) is 32.3 Å². The second-order valence-corrected chi connectivity index (χ2v) is 4.01. The van der Waals surface area contributed by atoms with E-state index in [4.69, 9.17) is 10.2 Å². The maximum atomic E-state index is 10.8. The van der Waals surface area contributed by atoms with Crippen molar-refractivity contribution in [1.29, 1.82) is 0 Å². The van der Waals surface area contributed by atoms with Crippen LogP contribution in [0.1, 0.15) is 32.6 Å². The third kappa shape index (κ3) is 7.49. The van der Waals surface area contributed by atoms with Gasteiger partial charge in [0.2, 0.25) is 5.91 Å². The Morgan fingerprint density at radius 2 is 2.17 bits per heavy atom. The second kappa shape index (κ2) is 9.27. The quantitative estimate of drug-likeness (QED) is 0.814. The summed E-state index contributed by atoms with van der Waals surface area (Å²) in [5.74, 6) is 0.487. The van der Waals surface area contributed by atoms with Crippen molar-refractivity contribution in [3.05, 3.63) is 30.1 Å². The lowest BCUT2D eigenvalue weighted by molar-refractivity contribution is -0.114. The molecule has 1 heterocycles. The molecule has 5 heteroatoms. The van der Waals surface area contributed by atoms with Gasteiger partial charge < -0.3 is 15.1 Å². The molecule has 5 nitrogen and oxygen atoms in total. The Bertz CT molecular complexity index is 356. The third-order valence-corrected chi connectivity index (χ3v) is 2.04. The summed E-state index contributed by atoms with van der Waals surface area (Å²) >= 11 is 0. The first-order valence-electron chi connectivity index (χ1n) is 6.06. The normalized spacial score (nSPS) is 10.6. The maximum absolute atomic E-state index is 10.8. The predicted octanol–water partition coefficient (Wildman–Crippen LogP) is 1.95. The molecule has 0 aliphatic rings. The standard InChI is InChI=1S/C8H16N2O.C5H7NO/c1-4-5-7(8(9)11)6-10(2)3;1-2-5-6-3-4-7-5/h6H,4-5H2,1-3H3,(H2,9,11);3-4H,2H2,1H3. The van der Waals surface area contributed by atoms with Crippen LogP contribution in [0.15, 0.2) is 28.7 Å². The minimum atomic E-state index is -0.319. The molecule has 102 valence electrons. The van der Waals surface area contributed by atoms with E-state index in [1.807, 2.05) is 32.8 Å². The third-order valence-electron chi connectivity index (χ3n) is 2.04. The van der Waals surface area contributed by atoms with Gasteiger partial charge in [0.05, 0.1) is 6.20 Å². The van der Waals surface area contributed by atoms with Crippen molar-refractivity contribution in [2.45, 2.75) is 33.1 Å². The van der Waals surface area contributed by atoms with Gasteiger partial charge >= 0.3 is 0 Å². The number of oxazole rings is 1. The summed E-state index contributed by atoms with van der Waals surface area (Å²) in [7, 11) is 3.75. The van der Waals surface area contributed by atoms with Gasteiger partial charge in [0.25, 0.3) is 0 Å². The number of primary amides is 1. The molecule has 0 unspecified atom stereocenters. The molecule has 0 fully saturated rings. The van der Waals surface area contributed by atoms with Crippen molar-refractivity contribution < 1.29 is 9.21 Å². The Hall–Kier alpha value is -1.78. The largest absolute Gasteiger partial charge is 0.449 e. The van der Waals surface area contributed by atoms with Crippen LogP contribution in [0.4, 0.5) is 0 Å². The van der Waals surface area contributed by atoms with Crippen LogP contribution < -0.4 is 5.73 Å². The van der Waals surface area contributed by atoms with E-state index in [1.165, 1.54) is 0 Å². The number of nitrogens with zero attached hydrogens (tertiary/aromatic N) is 2. The van der Waals surface area contributed by atoms with Crippen molar-refractivity contribution in [3.63, 3.8) is 0 Å². The Morgan fingerprint density at radius 1 is 1.50 bits per heavy atom. The van der Waals surface area contributed by atoms with Crippen molar-refractivity contribution >= 4 is 5.91 Å². The number of carbonyl (C=O) groups is 1. The molecule has 0 saturated carbocycles. The highest BCUT2D eigenvalue weighted by Gasteiger charge is 2.02. The van der Waals surface area contributed by atoms with E-state index in [0.29, 0.717) is 5.57 Å². The zero-order valence-corrected chi connectivity index (χ0v) is 11.6.